The first-order chi connectivity index (χ1) is 29.8. The number of hydrogen-bond acceptors (Lipinski definition) is 7. The second kappa shape index (κ2) is 18.1. The second-order valence-corrected chi connectivity index (χ2v) is 15.1. The monoisotopic (exact) mass is 829 g/mol. The van der Waals surface area contributed by atoms with Crippen LogP contribution in [0.3, 0.4) is 0 Å². The predicted octanol–water partition coefficient (Wildman–Crippen LogP) is 11.2. The molecule has 1 amide bonds. The van der Waals surface area contributed by atoms with Gasteiger partial charge in [0.25, 0.3) is 0 Å². The van der Waals surface area contributed by atoms with Gasteiger partial charge in [-0.15, -0.1) is 0 Å². The molecule has 1 aliphatic rings. The number of methoxy groups -OCH3 is 2. The first kappa shape index (κ1) is 40.7. The van der Waals surface area contributed by atoms with Gasteiger partial charge in [-0.2, -0.15) is 0 Å². The average Bonchev–Trinajstić information content (AvgIpc) is 3.62. The van der Waals surface area contributed by atoms with E-state index in [-0.39, 0.29) is 12.5 Å². The highest BCUT2D eigenvalue weighted by Gasteiger charge is 2.42. The van der Waals surface area contributed by atoms with E-state index in [4.69, 9.17) is 35.3 Å². The summed E-state index contributed by atoms with van der Waals surface area (Å²) >= 11 is 6.86. The number of alkyl carbamates (subject to hydrolysis) is 1. The van der Waals surface area contributed by atoms with Gasteiger partial charge in [0.05, 0.1) is 20.3 Å². The van der Waals surface area contributed by atoms with Crippen molar-refractivity contribution in [3.63, 3.8) is 0 Å². The Balaban J connectivity index is 1.03. The number of halogens is 1. The summed E-state index contributed by atoms with van der Waals surface area (Å²) in [4.78, 5) is 27.7. The zero-order chi connectivity index (χ0) is 42.3. The molecule has 61 heavy (non-hydrogen) atoms. The Bertz CT molecular complexity index is 2600. The maximum atomic E-state index is 14.0. The normalized spacial score (nSPS) is 13.2. The molecule has 1 aliphatic carbocycles. The highest BCUT2D eigenvalue weighted by molar-refractivity contribution is 6.31. The average molecular weight is 830 g/mol. The molecule has 7 aromatic rings. The van der Waals surface area contributed by atoms with E-state index in [0.29, 0.717) is 39.0 Å². The number of ether oxygens (including phenoxy) is 5. The molecule has 0 saturated carbocycles. The third-order valence-electron chi connectivity index (χ3n) is 11.1. The van der Waals surface area contributed by atoms with Crippen LogP contribution < -0.4 is 19.5 Å². The molecule has 0 fully saturated rings. The van der Waals surface area contributed by atoms with E-state index in [1.807, 2.05) is 128 Å². The summed E-state index contributed by atoms with van der Waals surface area (Å²) < 4.78 is 29.8. The SMILES string of the molecule is COc1ccc(C(NC(=O)OCC2c3ccccc3-c3ccccc32)c2ccc(OCC(=O)OC(c3ccccc3)(c3ccc(C)cc3)c3ccccc3Cl)cc2)c(OC)c1. The van der Waals surface area contributed by atoms with E-state index >= 15 is 0 Å². The molecule has 2 unspecified atom stereocenters. The lowest BCUT2D eigenvalue weighted by Crippen LogP contribution is -2.37. The molecule has 0 heterocycles. The smallest absolute Gasteiger partial charge is 0.407 e. The summed E-state index contributed by atoms with van der Waals surface area (Å²) in [6.45, 7) is 1.76. The van der Waals surface area contributed by atoms with Crippen molar-refractivity contribution < 1.29 is 33.3 Å². The van der Waals surface area contributed by atoms with E-state index < -0.39 is 30.3 Å². The highest BCUT2D eigenvalue weighted by atomic mass is 35.5. The van der Waals surface area contributed by atoms with Crippen molar-refractivity contribution in [3.05, 3.63) is 219 Å². The van der Waals surface area contributed by atoms with Gasteiger partial charge in [0.1, 0.15) is 23.9 Å². The molecule has 8 nitrogen and oxygen atoms in total. The lowest BCUT2D eigenvalue weighted by atomic mass is 9.79. The van der Waals surface area contributed by atoms with Gasteiger partial charge >= 0.3 is 12.1 Å². The highest BCUT2D eigenvalue weighted by Crippen LogP contribution is 2.46. The Morgan fingerprint density at radius 3 is 1.93 bits per heavy atom. The fourth-order valence-corrected chi connectivity index (χ4v) is 8.38. The number of aryl methyl sites for hydroxylation is 1. The van der Waals surface area contributed by atoms with Gasteiger partial charge in [-0.05, 0) is 65.1 Å². The molecule has 8 rings (SSSR count). The van der Waals surface area contributed by atoms with E-state index in [9.17, 15) is 9.59 Å². The van der Waals surface area contributed by atoms with Gasteiger partial charge in [0, 0.05) is 39.3 Å². The van der Waals surface area contributed by atoms with Gasteiger partial charge in [-0.25, -0.2) is 9.59 Å². The van der Waals surface area contributed by atoms with Crippen LogP contribution in [0.4, 0.5) is 4.79 Å². The number of fused-ring (bicyclic) bond motifs is 3. The number of hydrogen-bond donors (Lipinski definition) is 1. The second-order valence-electron chi connectivity index (χ2n) is 14.7. The van der Waals surface area contributed by atoms with Crippen molar-refractivity contribution in [3.8, 4) is 28.4 Å². The van der Waals surface area contributed by atoms with Crippen molar-refractivity contribution >= 4 is 23.7 Å². The zero-order valence-electron chi connectivity index (χ0n) is 34.0. The minimum Gasteiger partial charge on any atom is -0.497 e. The number of carbonyl (C=O) groups is 2. The van der Waals surface area contributed by atoms with E-state index in [1.54, 1.807) is 38.5 Å². The van der Waals surface area contributed by atoms with Crippen LogP contribution in [0.15, 0.2) is 170 Å². The number of nitrogens with one attached hydrogen (secondary N) is 1. The molecule has 0 radical (unpaired) electrons. The third-order valence-corrected chi connectivity index (χ3v) is 11.4. The van der Waals surface area contributed by atoms with Crippen molar-refractivity contribution in [1.82, 2.24) is 5.32 Å². The number of carbonyl (C=O) groups excluding carboxylic acids is 2. The van der Waals surface area contributed by atoms with E-state index in [2.05, 4.69) is 29.6 Å². The van der Waals surface area contributed by atoms with Gasteiger partial charge < -0.3 is 29.0 Å². The number of rotatable bonds is 14. The summed E-state index contributed by atoms with van der Waals surface area (Å²) in [6, 6.07) is 53.0. The van der Waals surface area contributed by atoms with Crippen LogP contribution >= 0.6 is 11.6 Å². The van der Waals surface area contributed by atoms with Crippen LogP contribution in [0.1, 0.15) is 56.5 Å². The lowest BCUT2D eigenvalue weighted by molar-refractivity contribution is -0.155. The van der Waals surface area contributed by atoms with Gasteiger partial charge in [0.15, 0.2) is 12.2 Å². The maximum Gasteiger partial charge on any atom is 0.407 e. The molecule has 2 atom stereocenters. The fraction of sp³-hybridized carbons (Fsp3) is 0.154. The largest absolute Gasteiger partial charge is 0.497 e. The molecular weight excluding hydrogens is 786 g/mol. The van der Waals surface area contributed by atoms with Gasteiger partial charge in [-0.3, -0.25) is 0 Å². The summed E-state index contributed by atoms with van der Waals surface area (Å²) in [6.07, 6.45) is -0.596. The number of benzene rings is 7. The Labute approximate surface area is 360 Å². The van der Waals surface area contributed by atoms with Crippen LogP contribution in [0, 0.1) is 6.92 Å². The van der Waals surface area contributed by atoms with Crippen LogP contribution in [0.25, 0.3) is 11.1 Å². The number of amides is 1. The zero-order valence-corrected chi connectivity index (χ0v) is 34.7. The molecule has 9 heteroatoms. The van der Waals surface area contributed by atoms with Crippen molar-refractivity contribution in [2.75, 3.05) is 27.4 Å². The molecule has 0 bridgehead atoms. The standard InChI is InChI=1S/C52H44ClNO7/c1-34-21-25-37(26-22-34)52(36-13-5-4-6-14-36,46-19-11-12-20-47(46)53)61-49(55)33-59-38-27-23-35(24-28-38)50(44-30-29-39(57-2)31-48(44)58-3)54-51(56)60-32-45-42-17-9-7-15-40(42)41-16-8-10-18-43(41)45/h4-31,45,50H,32-33H2,1-3H3,(H,54,56). The summed E-state index contributed by atoms with van der Waals surface area (Å²) in [5.41, 5.74) is 7.70. The Morgan fingerprint density at radius 2 is 1.28 bits per heavy atom. The van der Waals surface area contributed by atoms with Crippen LogP contribution in [-0.2, 0) is 19.9 Å². The fourth-order valence-electron chi connectivity index (χ4n) is 8.11. The Hall–Kier alpha value is -7.03. The quantitative estimate of drug-likeness (QED) is 0.0862. The third kappa shape index (κ3) is 8.40. The van der Waals surface area contributed by atoms with Crippen LogP contribution in [0.5, 0.6) is 17.2 Å². The molecule has 0 saturated heterocycles. The molecule has 1 N–H and O–H groups in total. The van der Waals surface area contributed by atoms with Gasteiger partial charge in [0.2, 0.25) is 0 Å². The minimum atomic E-state index is -1.37. The predicted molar refractivity (Wildman–Crippen MR) is 237 cm³/mol. The molecular formula is C52H44ClNO7. The Kier molecular flexibility index (Phi) is 12.1. The van der Waals surface area contributed by atoms with Crippen molar-refractivity contribution in [2.45, 2.75) is 24.5 Å². The first-order valence-corrected chi connectivity index (χ1v) is 20.3. The molecule has 0 spiro atoms. The van der Waals surface area contributed by atoms with E-state index in [0.717, 1.165) is 38.9 Å². The number of esters is 1. The minimum absolute atomic E-state index is 0.102. The molecule has 306 valence electrons. The van der Waals surface area contributed by atoms with Crippen molar-refractivity contribution in [1.29, 1.82) is 0 Å². The summed E-state index contributed by atoms with van der Waals surface area (Å²) in [5.74, 6) is 0.825. The summed E-state index contributed by atoms with van der Waals surface area (Å²) in [7, 11) is 3.14. The molecule has 0 aliphatic heterocycles. The molecule has 7 aromatic carbocycles. The topological polar surface area (TPSA) is 92.3 Å². The Morgan fingerprint density at radius 1 is 0.672 bits per heavy atom. The van der Waals surface area contributed by atoms with Crippen LogP contribution in [0.2, 0.25) is 5.02 Å². The summed E-state index contributed by atoms with van der Waals surface area (Å²) in [5, 5.41) is 3.53. The first-order valence-electron chi connectivity index (χ1n) is 19.9. The maximum absolute atomic E-state index is 14.0. The van der Waals surface area contributed by atoms with Crippen molar-refractivity contribution in [2.24, 2.45) is 0 Å². The lowest BCUT2D eigenvalue weighted by Gasteiger charge is -2.36. The molecule has 0 aromatic heterocycles. The van der Waals surface area contributed by atoms with Gasteiger partial charge in [-0.1, -0.05) is 151 Å². The van der Waals surface area contributed by atoms with Crippen LogP contribution in [-0.4, -0.2) is 39.5 Å². The van der Waals surface area contributed by atoms with E-state index in [1.165, 1.54) is 0 Å².